The lowest BCUT2D eigenvalue weighted by atomic mass is 10.2. The van der Waals surface area contributed by atoms with Crippen LogP contribution in [0.5, 0.6) is 0 Å². The normalized spacial score (nSPS) is 9.50. The molecule has 0 radical (unpaired) electrons. The quantitative estimate of drug-likeness (QED) is 0.198. The van der Waals surface area contributed by atoms with Crippen molar-refractivity contribution in [3.63, 3.8) is 0 Å². The molecule has 0 aliphatic carbocycles. The Morgan fingerprint density at radius 3 is 2.69 bits per heavy atom. The van der Waals surface area contributed by atoms with Gasteiger partial charge in [0, 0.05) is 36.7 Å². The van der Waals surface area contributed by atoms with Gasteiger partial charge >= 0.3 is 0 Å². The molecule has 1 rings (SSSR count). The van der Waals surface area contributed by atoms with E-state index in [1.165, 1.54) is 12.1 Å². The Hall–Kier alpha value is -2.11. The molecule has 84 valence electrons. The third-order valence-electron chi connectivity index (χ3n) is 1.93. The van der Waals surface area contributed by atoms with Gasteiger partial charge in [0.15, 0.2) is 0 Å². The predicted molar refractivity (Wildman–Crippen MR) is 58.8 cm³/mol. The molecule has 0 aromatic heterocycles. The van der Waals surface area contributed by atoms with Crippen LogP contribution in [0.4, 0.5) is 5.69 Å². The summed E-state index contributed by atoms with van der Waals surface area (Å²) in [5.41, 5.74) is 9.06. The van der Waals surface area contributed by atoms with Crippen molar-refractivity contribution in [3.05, 3.63) is 50.4 Å². The zero-order chi connectivity index (χ0) is 11.8. The highest BCUT2D eigenvalue weighted by atomic mass is 16.6. The summed E-state index contributed by atoms with van der Waals surface area (Å²) < 4.78 is 0. The molecule has 7 nitrogen and oxygen atoms in total. The molecule has 0 amide bonds. The van der Waals surface area contributed by atoms with E-state index >= 15 is 0 Å². The summed E-state index contributed by atoms with van der Waals surface area (Å²) in [6, 6.07) is 6.31. The molecule has 0 aliphatic rings. The van der Waals surface area contributed by atoms with E-state index in [2.05, 4.69) is 15.3 Å². The molecule has 0 unspecified atom stereocenters. The number of azide groups is 1. The summed E-state index contributed by atoms with van der Waals surface area (Å²) in [5.74, 6) is 0. The first kappa shape index (κ1) is 12.0. The van der Waals surface area contributed by atoms with E-state index in [-0.39, 0.29) is 5.69 Å². The van der Waals surface area contributed by atoms with Crippen molar-refractivity contribution in [2.24, 2.45) is 5.11 Å². The molecule has 0 aliphatic heterocycles. The summed E-state index contributed by atoms with van der Waals surface area (Å²) >= 11 is 0. The summed E-state index contributed by atoms with van der Waals surface area (Å²) in [5, 5.41) is 16.8. The number of non-ortho nitro benzene ring substituents is 1. The number of nitro groups is 1. The average molecular weight is 221 g/mol. The number of nitrogens with one attached hydrogen (secondary N) is 1. The van der Waals surface area contributed by atoms with Gasteiger partial charge in [0.2, 0.25) is 0 Å². The summed E-state index contributed by atoms with van der Waals surface area (Å²) in [7, 11) is 0. The Morgan fingerprint density at radius 2 is 2.12 bits per heavy atom. The van der Waals surface area contributed by atoms with Crippen molar-refractivity contribution in [2.75, 3.05) is 13.1 Å². The first-order valence-corrected chi connectivity index (χ1v) is 4.69. The molecule has 16 heavy (non-hydrogen) atoms. The number of benzene rings is 1. The van der Waals surface area contributed by atoms with Gasteiger partial charge in [0.05, 0.1) is 4.92 Å². The van der Waals surface area contributed by atoms with E-state index in [0.717, 1.165) is 5.56 Å². The van der Waals surface area contributed by atoms with Gasteiger partial charge in [-0.15, -0.1) is 0 Å². The molecule has 1 N–H and O–H groups in total. The highest BCUT2D eigenvalue weighted by molar-refractivity contribution is 5.32. The van der Waals surface area contributed by atoms with E-state index in [9.17, 15) is 10.1 Å². The SMILES string of the molecule is [N-]=[N+]=NCCNCc1ccc([N+](=O)[O-])cc1. The number of hydrogen-bond acceptors (Lipinski definition) is 4. The van der Waals surface area contributed by atoms with E-state index in [1.807, 2.05) is 0 Å². The molecule has 0 saturated heterocycles. The average Bonchev–Trinajstić information content (AvgIpc) is 2.29. The zero-order valence-electron chi connectivity index (χ0n) is 8.54. The Balaban J connectivity index is 2.37. The Bertz CT molecular complexity index is 397. The molecule has 0 heterocycles. The third kappa shape index (κ3) is 3.95. The summed E-state index contributed by atoms with van der Waals surface area (Å²) in [6.07, 6.45) is 0. The monoisotopic (exact) mass is 221 g/mol. The van der Waals surface area contributed by atoms with E-state index < -0.39 is 4.92 Å². The summed E-state index contributed by atoms with van der Waals surface area (Å²) in [4.78, 5) is 12.6. The van der Waals surface area contributed by atoms with Crippen molar-refractivity contribution >= 4 is 5.69 Å². The molecule has 1 aromatic rings. The Labute approximate surface area is 91.9 Å². The van der Waals surface area contributed by atoms with Crippen LogP contribution in [0.3, 0.4) is 0 Å². The second-order valence-corrected chi connectivity index (χ2v) is 3.05. The van der Waals surface area contributed by atoms with Crippen LogP contribution in [-0.2, 0) is 6.54 Å². The number of hydrogen-bond donors (Lipinski definition) is 1. The standard InChI is InChI=1S/C9H11N5O2/c10-13-12-6-5-11-7-8-1-3-9(4-2-8)14(15)16/h1-4,11H,5-7H2. The maximum atomic E-state index is 10.4. The van der Waals surface area contributed by atoms with Crippen LogP contribution >= 0.6 is 0 Å². The van der Waals surface area contributed by atoms with Crippen molar-refractivity contribution in [1.82, 2.24) is 5.32 Å². The second-order valence-electron chi connectivity index (χ2n) is 3.05. The van der Waals surface area contributed by atoms with Gasteiger partial charge in [-0.1, -0.05) is 17.2 Å². The van der Waals surface area contributed by atoms with Gasteiger partial charge in [-0.2, -0.15) is 0 Å². The fraction of sp³-hybridized carbons (Fsp3) is 0.333. The van der Waals surface area contributed by atoms with Crippen LogP contribution in [-0.4, -0.2) is 18.0 Å². The molecule has 0 spiro atoms. The molecule has 0 fully saturated rings. The van der Waals surface area contributed by atoms with Crippen molar-refractivity contribution in [1.29, 1.82) is 0 Å². The van der Waals surface area contributed by atoms with Gasteiger partial charge in [0.25, 0.3) is 5.69 Å². The highest BCUT2D eigenvalue weighted by Crippen LogP contribution is 2.11. The lowest BCUT2D eigenvalue weighted by Gasteiger charge is -2.02. The maximum absolute atomic E-state index is 10.4. The minimum Gasteiger partial charge on any atom is -0.313 e. The Kier molecular flexibility index (Phi) is 4.78. The predicted octanol–water partition coefficient (Wildman–Crippen LogP) is 1.99. The van der Waals surface area contributed by atoms with Crippen molar-refractivity contribution < 1.29 is 4.92 Å². The lowest BCUT2D eigenvalue weighted by molar-refractivity contribution is -0.384. The molecule has 0 atom stereocenters. The van der Waals surface area contributed by atoms with Crippen LogP contribution in [0.15, 0.2) is 29.4 Å². The fourth-order valence-corrected chi connectivity index (χ4v) is 1.14. The highest BCUT2D eigenvalue weighted by Gasteiger charge is 2.02. The molecule has 7 heteroatoms. The van der Waals surface area contributed by atoms with E-state index in [0.29, 0.717) is 19.6 Å². The Morgan fingerprint density at radius 1 is 1.44 bits per heavy atom. The van der Waals surface area contributed by atoms with Gasteiger partial charge < -0.3 is 5.32 Å². The lowest BCUT2D eigenvalue weighted by Crippen LogP contribution is -2.16. The molecular weight excluding hydrogens is 210 g/mol. The van der Waals surface area contributed by atoms with Crippen LogP contribution < -0.4 is 5.32 Å². The van der Waals surface area contributed by atoms with Crippen LogP contribution in [0.1, 0.15) is 5.56 Å². The number of nitro benzene ring substituents is 1. The van der Waals surface area contributed by atoms with Crippen LogP contribution in [0.2, 0.25) is 0 Å². The topological polar surface area (TPSA) is 104 Å². The van der Waals surface area contributed by atoms with Crippen molar-refractivity contribution in [2.45, 2.75) is 6.54 Å². The van der Waals surface area contributed by atoms with Crippen LogP contribution in [0, 0.1) is 10.1 Å². The summed E-state index contributed by atoms with van der Waals surface area (Å²) in [6.45, 7) is 1.57. The number of nitrogens with zero attached hydrogens (tertiary/aromatic N) is 4. The molecule has 0 saturated carbocycles. The maximum Gasteiger partial charge on any atom is 0.269 e. The first-order valence-electron chi connectivity index (χ1n) is 4.69. The minimum absolute atomic E-state index is 0.0813. The molecular formula is C9H11N5O2. The number of rotatable bonds is 6. The molecule has 1 aromatic carbocycles. The second kappa shape index (κ2) is 6.39. The fourth-order valence-electron chi connectivity index (χ4n) is 1.14. The van der Waals surface area contributed by atoms with E-state index in [4.69, 9.17) is 5.53 Å². The van der Waals surface area contributed by atoms with Gasteiger partial charge in [0.1, 0.15) is 0 Å². The smallest absolute Gasteiger partial charge is 0.269 e. The van der Waals surface area contributed by atoms with Crippen LogP contribution in [0.25, 0.3) is 10.4 Å². The third-order valence-corrected chi connectivity index (χ3v) is 1.93. The van der Waals surface area contributed by atoms with Gasteiger partial charge in [-0.3, -0.25) is 10.1 Å². The van der Waals surface area contributed by atoms with Gasteiger partial charge in [-0.25, -0.2) is 0 Å². The van der Waals surface area contributed by atoms with Crippen molar-refractivity contribution in [3.8, 4) is 0 Å². The largest absolute Gasteiger partial charge is 0.313 e. The minimum atomic E-state index is -0.432. The first-order chi connectivity index (χ1) is 7.74. The van der Waals surface area contributed by atoms with E-state index in [1.54, 1.807) is 12.1 Å². The van der Waals surface area contributed by atoms with Gasteiger partial charge in [-0.05, 0) is 11.1 Å². The zero-order valence-corrected chi connectivity index (χ0v) is 8.54. The molecule has 0 bridgehead atoms.